The van der Waals surface area contributed by atoms with Gasteiger partial charge in [0.25, 0.3) is 5.91 Å². The average Bonchev–Trinajstić information content (AvgIpc) is 3.53. The minimum atomic E-state index is -0.799. The first-order chi connectivity index (χ1) is 14.4. The van der Waals surface area contributed by atoms with Crippen LogP contribution in [0.5, 0.6) is 0 Å². The number of hydrogen-bond donors (Lipinski definition) is 0. The molecule has 1 heterocycles. The lowest BCUT2D eigenvalue weighted by atomic mass is 10.0. The van der Waals surface area contributed by atoms with Gasteiger partial charge in [0, 0.05) is 17.5 Å². The van der Waals surface area contributed by atoms with E-state index in [-0.39, 0.29) is 36.6 Å². The van der Waals surface area contributed by atoms with E-state index in [0.717, 1.165) is 24.0 Å². The molecule has 3 amide bonds. The van der Waals surface area contributed by atoms with Crippen LogP contribution in [0.3, 0.4) is 0 Å². The van der Waals surface area contributed by atoms with Crippen LogP contribution in [0, 0.1) is 5.92 Å². The van der Waals surface area contributed by atoms with Gasteiger partial charge in [0.1, 0.15) is 6.04 Å². The zero-order valence-electron chi connectivity index (χ0n) is 17.2. The Morgan fingerprint density at radius 3 is 2.37 bits per heavy atom. The number of rotatable bonds is 6. The number of benzene rings is 2. The first-order valence-electron chi connectivity index (χ1n) is 10.4. The van der Waals surface area contributed by atoms with Crippen molar-refractivity contribution in [3.05, 3.63) is 64.7 Å². The van der Waals surface area contributed by atoms with Crippen molar-refractivity contribution in [3.63, 3.8) is 0 Å². The van der Waals surface area contributed by atoms with E-state index in [1.165, 1.54) is 4.90 Å². The van der Waals surface area contributed by atoms with E-state index in [1.54, 1.807) is 23.1 Å². The number of carbonyl (C=O) groups is 3. The second-order valence-corrected chi connectivity index (χ2v) is 8.77. The zero-order chi connectivity index (χ0) is 21.4. The van der Waals surface area contributed by atoms with E-state index < -0.39 is 6.04 Å². The summed E-state index contributed by atoms with van der Waals surface area (Å²) < 4.78 is 0. The quantitative estimate of drug-likeness (QED) is 0.640. The van der Waals surface area contributed by atoms with Crippen molar-refractivity contribution in [2.45, 2.75) is 51.6 Å². The first-order valence-corrected chi connectivity index (χ1v) is 10.7. The van der Waals surface area contributed by atoms with Gasteiger partial charge < -0.3 is 4.90 Å². The number of imide groups is 1. The normalized spacial score (nSPS) is 18.9. The van der Waals surface area contributed by atoms with Crippen LogP contribution < -0.4 is 4.90 Å². The molecule has 0 aromatic heterocycles. The number of carbonyl (C=O) groups excluding carboxylic acids is 3. The van der Waals surface area contributed by atoms with Crippen LogP contribution in [-0.2, 0) is 20.9 Å². The van der Waals surface area contributed by atoms with E-state index in [1.807, 2.05) is 30.3 Å². The Morgan fingerprint density at radius 2 is 1.77 bits per heavy atom. The second-order valence-electron chi connectivity index (χ2n) is 8.37. The van der Waals surface area contributed by atoms with Crippen molar-refractivity contribution in [2.24, 2.45) is 5.92 Å². The summed E-state index contributed by atoms with van der Waals surface area (Å²) in [6.07, 6.45) is 1.65. The maximum absolute atomic E-state index is 13.3. The maximum atomic E-state index is 13.3. The topological polar surface area (TPSA) is 57.7 Å². The average molecular weight is 425 g/mol. The summed E-state index contributed by atoms with van der Waals surface area (Å²) in [7, 11) is 0. The molecule has 1 saturated heterocycles. The summed E-state index contributed by atoms with van der Waals surface area (Å²) in [4.78, 5) is 41.9. The molecule has 4 rings (SSSR count). The summed E-state index contributed by atoms with van der Waals surface area (Å²) in [5, 5.41) is 0.545. The third-order valence-electron chi connectivity index (χ3n) is 5.83. The molecular weight excluding hydrogens is 400 g/mol. The van der Waals surface area contributed by atoms with Crippen LogP contribution in [0.1, 0.15) is 50.2 Å². The molecule has 1 aliphatic heterocycles. The van der Waals surface area contributed by atoms with Crippen LogP contribution in [0.2, 0.25) is 5.02 Å². The number of amides is 3. The van der Waals surface area contributed by atoms with Gasteiger partial charge >= 0.3 is 0 Å². The molecule has 156 valence electrons. The Kier molecular flexibility index (Phi) is 5.65. The van der Waals surface area contributed by atoms with Gasteiger partial charge in [-0.25, -0.2) is 4.90 Å². The highest BCUT2D eigenvalue weighted by Crippen LogP contribution is 2.35. The predicted octanol–water partition coefficient (Wildman–Crippen LogP) is 4.53. The standard InChI is InChI=1S/C24H25ClN2O3/c1-15(2)16-9-11-19(12-10-16)27-22(28)13-21(24(27)30)26(23(29)17-7-8-17)14-18-5-3-4-6-20(18)25/h3-6,9-12,15,17,21H,7-8,13-14H2,1-2H3. The van der Waals surface area contributed by atoms with Gasteiger partial charge in [-0.15, -0.1) is 0 Å². The summed E-state index contributed by atoms with van der Waals surface area (Å²) in [5.74, 6) is -0.403. The Balaban J connectivity index is 1.61. The zero-order valence-corrected chi connectivity index (χ0v) is 17.9. The molecular formula is C24H25ClN2O3. The lowest BCUT2D eigenvalue weighted by Gasteiger charge is -2.28. The third kappa shape index (κ3) is 3.99. The molecule has 5 nitrogen and oxygen atoms in total. The van der Waals surface area contributed by atoms with Crippen LogP contribution >= 0.6 is 11.6 Å². The van der Waals surface area contributed by atoms with Gasteiger partial charge in [-0.1, -0.05) is 55.8 Å². The molecule has 2 aromatic carbocycles. The van der Waals surface area contributed by atoms with Gasteiger partial charge in [-0.2, -0.15) is 0 Å². The Morgan fingerprint density at radius 1 is 1.10 bits per heavy atom. The fourth-order valence-corrected chi connectivity index (χ4v) is 4.05. The van der Waals surface area contributed by atoms with E-state index in [4.69, 9.17) is 11.6 Å². The second kappa shape index (κ2) is 8.23. The fraction of sp³-hybridized carbons (Fsp3) is 0.375. The summed E-state index contributed by atoms with van der Waals surface area (Å²) in [6, 6.07) is 14.0. The fourth-order valence-electron chi connectivity index (χ4n) is 3.86. The molecule has 2 aliphatic rings. The van der Waals surface area contributed by atoms with Crippen molar-refractivity contribution >= 4 is 35.0 Å². The summed E-state index contributed by atoms with van der Waals surface area (Å²) >= 11 is 6.30. The smallest absolute Gasteiger partial charge is 0.257 e. The minimum absolute atomic E-state index is 0.00627. The van der Waals surface area contributed by atoms with Crippen molar-refractivity contribution < 1.29 is 14.4 Å². The van der Waals surface area contributed by atoms with Gasteiger partial charge in [0.15, 0.2) is 0 Å². The summed E-state index contributed by atoms with van der Waals surface area (Å²) in [5.41, 5.74) is 2.46. The van der Waals surface area contributed by atoms with E-state index in [2.05, 4.69) is 13.8 Å². The highest BCUT2D eigenvalue weighted by atomic mass is 35.5. The van der Waals surface area contributed by atoms with Crippen LogP contribution in [-0.4, -0.2) is 28.7 Å². The van der Waals surface area contributed by atoms with E-state index >= 15 is 0 Å². The van der Waals surface area contributed by atoms with Crippen molar-refractivity contribution in [2.75, 3.05) is 4.90 Å². The molecule has 0 radical (unpaired) electrons. The van der Waals surface area contributed by atoms with E-state index in [0.29, 0.717) is 16.6 Å². The first kappa shape index (κ1) is 20.6. The molecule has 1 aliphatic carbocycles. The lowest BCUT2D eigenvalue weighted by Crippen LogP contribution is -2.45. The molecule has 2 aromatic rings. The van der Waals surface area contributed by atoms with Crippen LogP contribution in [0.4, 0.5) is 5.69 Å². The Hall–Kier alpha value is -2.66. The molecule has 2 fully saturated rings. The number of halogens is 1. The molecule has 0 N–H and O–H groups in total. The third-order valence-corrected chi connectivity index (χ3v) is 6.19. The van der Waals surface area contributed by atoms with E-state index in [9.17, 15) is 14.4 Å². The Bertz CT molecular complexity index is 982. The number of nitrogens with zero attached hydrogens (tertiary/aromatic N) is 2. The monoisotopic (exact) mass is 424 g/mol. The molecule has 0 spiro atoms. The molecule has 6 heteroatoms. The lowest BCUT2D eigenvalue weighted by molar-refractivity contribution is -0.140. The van der Waals surface area contributed by atoms with Crippen molar-refractivity contribution in [1.82, 2.24) is 4.90 Å². The number of anilines is 1. The van der Waals surface area contributed by atoms with Crippen LogP contribution in [0.15, 0.2) is 48.5 Å². The molecule has 30 heavy (non-hydrogen) atoms. The molecule has 1 saturated carbocycles. The highest BCUT2D eigenvalue weighted by Gasteiger charge is 2.47. The largest absolute Gasteiger partial charge is 0.325 e. The van der Waals surface area contributed by atoms with Crippen molar-refractivity contribution in [3.8, 4) is 0 Å². The number of hydrogen-bond acceptors (Lipinski definition) is 3. The minimum Gasteiger partial charge on any atom is -0.325 e. The predicted molar refractivity (Wildman–Crippen MR) is 116 cm³/mol. The maximum Gasteiger partial charge on any atom is 0.257 e. The molecule has 1 atom stereocenters. The SMILES string of the molecule is CC(C)c1ccc(N2C(=O)CC(N(Cc3ccccc3Cl)C(=O)C3CC3)C2=O)cc1. The molecule has 1 unspecified atom stereocenters. The highest BCUT2D eigenvalue weighted by molar-refractivity contribution is 6.31. The van der Waals surface area contributed by atoms with Crippen LogP contribution in [0.25, 0.3) is 0 Å². The van der Waals surface area contributed by atoms with Crippen molar-refractivity contribution in [1.29, 1.82) is 0 Å². The van der Waals surface area contributed by atoms with Gasteiger partial charge in [-0.05, 0) is 48.1 Å². The van der Waals surface area contributed by atoms with Gasteiger partial charge in [0.05, 0.1) is 12.1 Å². The van der Waals surface area contributed by atoms with Gasteiger partial charge in [0.2, 0.25) is 11.8 Å². The van der Waals surface area contributed by atoms with Gasteiger partial charge in [-0.3, -0.25) is 14.4 Å². The summed E-state index contributed by atoms with van der Waals surface area (Å²) in [6.45, 7) is 4.40. The molecule has 0 bridgehead atoms. The Labute approximate surface area is 181 Å².